The highest BCUT2D eigenvalue weighted by molar-refractivity contribution is 8.13. The lowest BCUT2D eigenvalue weighted by atomic mass is 9.84. The smallest absolute Gasteiger partial charge is 0.156 e. The Labute approximate surface area is 118 Å². The van der Waals surface area contributed by atoms with Crippen LogP contribution < -0.4 is 5.32 Å². The molecule has 0 unspecified atom stereocenters. The van der Waals surface area contributed by atoms with E-state index in [9.17, 15) is 0 Å². The maximum absolute atomic E-state index is 4.70. The third-order valence-corrected chi connectivity index (χ3v) is 5.87. The number of aromatic nitrogens is 1. The highest BCUT2D eigenvalue weighted by Gasteiger charge is 2.29. The number of aliphatic imine (C=N–C) groups is 1. The van der Waals surface area contributed by atoms with E-state index in [0.29, 0.717) is 5.41 Å². The van der Waals surface area contributed by atoms with E-state index in [-0.39, 0.29) is 0 Å². The number of thioether (sulfide) groups is 1. The van der Waals surface area contributed by atoms with E-state index in [2.05, 4.69) is 24.1 Å². The summed E-state index contributed by atoms with van der Waals surface area (Å²) in [5, 5.41) is 5.64. The van der Waals surface area contributed by atoms with Gasteiger partial charge >= 0.3 is 0 Å². The molecule has 0 saturated heterocycles. The molecule has 3 nitrogen and oxygen atoms in total. The van der Waals surface area contributed by atoms with Crippen molar-refractivity contribution in [2.75, 3.05) is 12.3 Å². The van der Waals surface area contributed by atoms with Crippen LogP contribution in [0.25, 0.3) is 0 Å². The van der Waals surface area contributed by atoms with Gasteiger partial charge in [-0.05, 0) is 25.2 Å². The van der Waals surface area contributed by atoms with Crippen LogP contribution in [0.1, 0.15) is 36.6 Å². The summed E-state index contributed by atoms with van der Waals surface area (Å²) in [7, 11) is 0. The van der Waals surface area contributed by atoms with Crippen LogP contribution in [0, 0.1) is 12.3 Å². The number of amidine groups is 1. The van der Waals surface area contributed by atoms with E-state index in [1.54, 1.807) is 11.3 Å². The van der Waals surface area contributed by atoms with Gasteiger partial charge in [0.2, 0.25) is 0 Å². The minimum absolute atomic E-state index is 0.428. The van der Waals surface area contributed by atoms with E-state index < -0.39 is 0 Å². The van der Waals surface area contributed by atoms with E-state index in [1.807, 2.05) is 24.9 Å². The van der Waals surface area contributed by atoms with Crippen LogP contribution in [0.15, 0.2) is 11.2 Å². The number of nitrogens with zero attached hydrogens (tertiary/aromatic N) is 2. The quantitative estimate of drug-likeness (QED) is 0.919. The lowest BCUT2D eigenvalue weighted by Gasteiger charge is -2.33. The lowest BCUT2D eigenvalue weighted by molar-refractivity contribution is 0.318. The van der Waals surface area contributed by atoms with Crippen LogP contribution in [0.5, 0.6) is 0 Å². The van der Waals surface area contributed by atoms with Gasteiger partial charge in [0.05, 0.1) is 11.6 Å². The SMILES string of the molecule is CCC1(CC)CN=C(NCc2cnc(C)s2)SC1. The number of aryl methyl sites for hydroxylation is 1. The van der Waals surface area contributed by atoms with E-state index in [0.717, 1.165) is 23.3 Å². The lowest BCUT2D eigenvalue weighted by Crippen LogP contribution is -2.34. The first kappa shape index (κ1) is 13.9. The molecule has 1 aromatic heterocycles. The molecule has 0 aromatic carbocycles. The molecule has 18 heavy (non-hydrogen) atoms. The van der Waals surface area contributed by atoms with Crippen molar-refractivity contribution in [2.45, 2.75) is 40.2 Å². The van der Waals surface area contributed by atoms with Gasteiger partial charge in [-0.25, -0.2) is 4.98 Å². The third kappa shape index (κ3) is 3.26. The maximum atomic E-state index is 4.70. The molecule has 1 aromatic rings. The molecule has 1 N–H and O–H groups in total. The summed E-state index contributed by atoms with van der Waals surface area (Å²) >= 11 is 3.62. The molecule has 2 rings (SSSR count). The van der Waals surface area contributed by atoms with Gasteiger partial charge in [0.25, 0.3) is 0 Å². The summed E-state index contributed by atoms with van der Waals surface area (Å²) < 4.78 is 0. The molecule has 0 aliphatic carbocycles. The number of nitrogens with one attached hydrogen (secondary N) is 1. The molecule has 100 valence electrons. The normalized spacial score (nSPS) is 18.5. The third-order valence-electron chi connectivity index (χ3n) is 3.66. The van der Waals surface area contributed by atoms with Crippen molar-refractivity contribution in [3.63, 3.8) is 0 Å². The fraction of sp³-hybridized carbons (Fsp3) is 0.692. The van der Waals surface area contributed by atoms with Crippen LogP contribution in [0.4, 0.5) is 0 Å². The van der Waals surface area contributed by atoms with Gasteiger partial charge in [-0.2, -0.15) is 0 Å². The Hall–Kier alpha value is -0.550. The number of hydrogen-bond acceptors (Lipinski definition) is 5. The Morgan fingerprint density at radius 2 is 2.17 bits per heavy atom. The van der Waals surface area contributed by atoms with Crippen LogP contribution in [-0.2, 0) is 6.54 Å². The second kappa shape index (κ2) is 6.06. The largest absolute Gasteiger partial charge is 0.360 e. The first-order valence-corrected chi connectivity index (χ1v) is 8.30. The van der Waals surface area contributed by atoms with Gasteiger partial charge in [0.15, 0.2) is 5.17 Å². The maximum Gasteiger partial charge on any atom is 0.156 e. The number of thiazole rings is 1. The Morgan fingerprint density at radius 3 is 2.67 bits per heavy atom. The van der Waals surface area contributed by atoms with Gasteiger partial charge in [-0.3, -0.25) is 4.99 Å². The average molecular weight is 283 g/mol. The Kier molecular flexibility index (Phi) is 4.67. The topological polar surface area (TPSA) is 37.3 Å². The Morgan fingerprint density at radius 1 is 1.39 bits per heavy atom. The number of hydrogen-bond donors (Lipinski definition) is 1. The van der Waals surface area contributed by atoms with Gasteiger partial charge in [0.1, 0.15) is 0 Å². The van der Waals surface area contributed by atoms with Crippen molar-refractivity contribution in [2.24, 2.45) is 10.4 Å². The molecule has 1 aliphatic rings. The van der Waals surface area contributed by atoms with Crippen molar-refractivity contribution in [3.05, 3.63) is 16.1 Å². The molecule has 0 radical (unpaired) electrons. The highest BCUT2D eigenvalue weighted by Crippen LogP contribution is 2.34. The van der Waals surface area contributed by atoms with Crippen LogP contribution in [0.2, 0.25) is 0 Å². The predicted octanol–water partition coefficient (Wildman–Crippen LogP) is 3.45. The van der Waals surface area contributed by atoms with Crippen LogP contribution in [-0.4, -0.2) is 22.4 Å². The predicted molar refractivity (Wildman–Crippen MR) is 81.5 cm³/mol. The van der Waals surface area contributed by atoms with E-state index >= 15 is 0 Å². The first-order chi connectivity index (χ1) is 8.67. The van der Waals surface area contributed by atoms with Crippen molar-refractivity contribution >= 4 is 28.3 Å². The monoisotopic (exact) mass is 283 g/mol. The molecular formula is C13H21N3S2. The molecule has 0 atom stereocenters. The van der Waals surface area contributed by atoms with Crippen molar-refractivity contribution in [3.8, 4) is 0 Å². The van der Waals surface area contributed by atoms with Crippen molar-refractivity contribution in [1.82, 2.24) is 10.3 Å². The van der Waals surface area contributed by atoms with Crippen molar-refractivity contribution < 1.29 is 0 Å². The summed E-state index contributed by atoms with van der Waals surface area (Å²) in [5.41, 5.74) is 0.428. The number of rotatable bonds is 4. The van der Waals surface area contributed by atoms with E-state index in [1.165, 1.54) is 23.5 Å². The summed E-state index contributed by atoms with van der Waals surface area (Å²) in [6, 6.07) is 0. The molecule has 0 amide bonds. The van der Waals surface area contributed by atoms with Gasteiger partial charge in [-0.1, -0.05) is 25.6 Å². The average Bonchev–Trinajstić information content (AvgIpc) is 2.83. The minimum atomic E-state index is 0.428. The minimum Gasteiger partial charge on any atom is -0.360 e. The molecule has 0 fully saturated rings. The molecular weight excluding hydrogens is 262 g/mol. The summed E-state index contributed by atoms with van der Waals surface area (Å²) in [6.45, 7) is 8.41. The molecule has 0 bridgehead atoms. The molecule has 2 heterocycles. The highest BCUT2D eigenvalue weighted by atomic mass is 32.2. The van der Waals surface area contributed by atoms with Gasteiger partial charge < -0.3 is 5.32 Å². The zero-order valence-corrected chi connectivity index (χ0v) is 13.0. The second-order valence-electron chi connectivity index (χ2n) is 4.82. The second-order valence-corrected chi connectivity index (χ2v) is 7.10. The fourth-order valence-electron chi connectivity index (χ4n) is 1.99. The standard InChI is InChI=1S/C13H21N3S2/c1-4-13(5-2)8-16-12(17-9-13)15-7-11-6-14-10(3)18-11/h6H,4-5,7-9H2,1-3H3,(H,15,16). The fourth-order valence-corrected chi connectivity index (χ4v) is 3.99. The van der Waals surface area contributed by atoms with Crippen LogP contribution >= 0.6 is 23.1 Å². The summed E-state index contributed by atoms with van der Waals surface area (Å²) in [6.07, 6.45) is 4.39. The Bertz CT molecular complexity index is 422. The van der Waals surface area contributed by atoms with E-state index in [4.69, 9.17) is 4.99 Å². The van der Waals surface area contributed by atoms with Crippen molar-refractivity contribution in [1.29, 1.82) is 0 Å². The van der Waals surface area contributed by atoms with Gasteiger partial charge in [0, 0.05) is 23.4 Å². The molecule has 1 aliphatic heterocycles. The van der Waals surface area contributed by atoms with Gasteiger partial charge in [-0.15, -0.1) is 11.3 Å². The molecule has 5 heteroatoms. The Balaban J connectivity index is 1.87. The zero-order valence-electron chi connectivity index (χ0n) is 11.3. The summed E-state index contributed by atoms with van der Waals surface area (Å²) in [4.78, 5) is 10.2. The molecule has 0 spiro atoms. The molecule has 0 saturated carbocycles. The first-order valence-electron chi connectivity index (χ1n) is 6.50. The zero-order chi connectivity index (χ0) is 13.0. The summed E-state index contributed by atoms with van der Waals surface area (Å²) in [5.74, 6) is 1.19. The van der Waals surface area contributed by atoms with Crippen LogP contribution in [0.3, 0.4) is 0 Å².